The molecule has 4 aliphatic rings. The van der Waals surface area contributed by atoms with Crippen molar-refractivity contribution in [3.05, 3.63) is 11.6 Å². The second-order valence-corrected chi connectivity index (χ2v) is 10.2. The van der Waals surface area contributed by atoms with Crippen LogP contribution in [0.4, 0.5) is 13.2 Å². The fourth-order valence-electron chi connectivity index (χ4n) is 7.67. The molecule has 7 atom stereocenters. The fourth-order valence-corrected chi connectivity index (χ4v) is 7.67. The van der Waals surface area contributed by atoms with Gasteiger partial charge in [-0.15, -0.1) is 0 Å². The van der Waals surface area contributed by atoms with Crippen LogP contribution in [0, 0.1) is 45.8 Å². The molecule has 0 spiro atoms. The van der Waals surface area contributed by atoms with E-state index in [-0.39, 0.29) is 29.6 Å². The number of aliphatic hydroxyl groups is 1. The predicted molar refractivity (Wildman–Crippen MR) is 96.4 cm³/mol. The van der Waals surface area contributed by atoms with Crippen LogP contribution < -0.4 is 0 Å². The van der Waals surface area contributed by atoms with Gasteiger partial charge in [-0.25, -0.2) is 0 Å². The standard InChI is InChI=1S/C22H30F3NO/c1-19-9-7-18-16(17(19)6-4-14(19)8-12-26)5-3-15-13-21(27,22(23,24)25)11-10-20(15,18)2/h8,15-18,27H,3-7,9-11,13H2,1-2H3/b14-8-/t15-,16?,17-,18-,19?,20?,21+/m0/s1. The molecular formula is C22H30F3NO. The van der Waals surface area contributed by atoms with Crippen LogP contribution in [0.3, 0.4) is 0 Å². The van der Waals surface area contributed by atoms with Gasteiger partial charge >= 0.3 is 6.18 Å². The van der Waals surface area contributed by atoms with Gasteiger partial charge in [0.05, 0.1) is 6.07 Å². The second kappa shape index (κ2) is 5.99. The molecule has 0 amide bonds. The van der Waals surface area contributed by atoms with Crippen molar-refractivity contribution >= 4 is 0 Å². The topological polar surface area (TPSA) is 44.0 Å². The zero-order chi connectivity index (χ0) is 19.7. The number of rotatable bonds is 0. The first kappa shape index (κ1) is 19.3. The Hall–Kier alpha value is -1.02. The Kier molecular flexibility index (Phi) is 4.28. The number of hydrogen-bond acceptors (Lipinski definition) is 2. The van der Waals surface area contributed by atoms with E-state index < -0.39 is 11.8 Å². The summed E-state index contributed by atoms with van der Waals surface area (Å²) in [4.78, 5) is 0. The van der Waals surface area contributed by atoms with Crippen LogP contribution in [-0.2, 0) is 0 Å². The molecule has 2 nitrogen and oxygen atoms in total. The van der Waals surface area contributed by atoms with Crippen LogP contribution in [0.15, 0.2) is 11.6 Å². The van der Waals surface area contributed by atoms with Crippen molar-refractivity contribution in [3.63, 3.8) is 0 Å². The molecular weight excluding hydrogens is 351 g/mol. The normalized spacial score (nSPS) is 51.2. The molecule has 4 aliphatic carbocycles. The summed E-state index contributed by atoms with van der Waals surface area (Å²) in [5.74, 6) is 1.51. The molecule has 0 aromatic carbocycles. The Balaban J connectivity index is 1.60. The minimum atomic E-state index is -4.53. The number of halogens is 3. The lowest BCUT2D eigenvalue weighted by Gasteiger charge is -2.61. The van der Waals surface area contributed by atoms with E-state index >= 15 is 0 Å². The highest BCUT2D eigenvalue weighted by Gasteiger charge is 2.64. The molecule has 0 aliphatic heterocycles. The summed E-state index contributed by atoms with van der Waals surface area (Å²) in [6.45, 7) is 4.51. The maximum absolute atomic E-state index is 13.4. The van der Waals surface area contributed by atoms with Crippen LogP contribution in [0.5, 0.6) is 0 Å². The molecule has 150 valence electrons. The van der Waals surface area contributed by atoms with Gasteiger partial charge in [-0.1, -0.05) is 19.4 Å². The van der Waals surface area contributed by atoms with Crippen LogP contribution in [0.25, 0.3) is 0 Å². The summed E-state index contributed by atoms with van der Waals surface area (Å²) in [6, 6.07) is 2.22. The maximum Gasteiger partial charge on any atom is 0.417 e. The van der Waals surface area contributed by atoms with Crippen molar-refractivity contribution < 1.29 is 18.3 Å². The van der Waals surface area contributed by atoms with Crippen LogP contribution >= 0.6 is 0 Å². The third-order valence-electron chi connectivity index (χ3n) is 9.34. The molecule has 4 fully saturated rings. The smallest absolute Gasteiger partial charge is 0.380 e. The summed E-state index contributed by atoms with van der Waals surface area (Å²) < 4.78 is 40.2. The van der Waals surface area contributed by atoms with Crippen molar-refractivity contribution in [1.82, 2.24) is 0 Å². The summed E-state index contributed by atoms with van der Waals surface area (Å²) in [7, 11) is 0. The number of fused-ring (bicyclic) bond motifs is 5. The van der Waals surface area contributed by atoms with Crippen molar-refractivity contribution in [1.29, 1.82) is 5.26 Å². The third-order valence-corrected chi connectivity index (χ3v) is 9.34. The number of nitriles is 1. The Morgan fingerprint density at radius 1 is 1.07 bits per heavy atom. The highest BCUT2D eigenvalue weighted by Crippen LogP contribution is 2.68. The van der Waals surface area contributed by atoms with Gasteiger partial charge in [-0.3, -0.25) is 0 Å². The minimum absolute atomic E-state index is 0.0426. The highest BCUT2D eigenvalue weighted by atomic mass is 19.4. The highest BCUT2D eigenvalue weighted by molar-refractivity contribution is 5.28. The fraction of sp³-hybridized carbons (Fsp3) is 0.864. The number of alkyl halides is 3. The SMILES string of the molecule is CC12CC[C@H]3C(CC[C@H]4C[C@@](O)(C(F)(F)F)CCC43C)[C@@H]1CC/C2=C/C#N. The summed E-state index contributed by atoms with van der Waals surface area (Å²) in [5, 5.41) is 19.4. The van der Waals surface area contributed by atoms with Crippen molar-refractivity contribution in [3.8, 4) is 6.07 Å². The van der Waals surface area contributed by atoms with Gasteiger partial charge < -0.3 is 5.11 Å². The molecule has 27 heavy (non-hydrogen) atoms. The van der Waals surface area contributed by atoms with Crippen molar-refractivity contribution in [2.45, 2.75) is 83.4 Å². The van der Waals surface area contributed by atoms with Gasteiger partial charge in [0.15, 0.2) is 5.60 Å². The molecule has 4 saturated carbocycles. The summed E-state index contributed by atoms with van der Waals surface area (Å²) in [5.41, 5.74) is -1.20. The number of nitrogens with zero attached hydrogens (tertiary/aromatic N) is 1. The molecule has 0 heterocycles. The molecule has 0 saturated heterocycles. The van der Waals surface area contributed by atoms with Gasteiger partial charge in [-0.2, -0.15) is 18.4 Å². The molecule has 4 rings (SSSR count). The van der Waals surface area contributed by atoms with E-state index in [1.807, 2.05) is 0 Å². The Labute approximate surface area is 159 Å². The van der Waals surface area contributed by atoms with Crippen molar-refractivity contribution in [2.75, 3.05) is 0 Å². The maximum atomic E-state index is 13.4. The van der Waals surface area contributed by atoms with E-state index in [0.717, 1.165) is 38.5 Å². The molecule has 3 unspecified atom stereocenters. The van der Waals surface area contributed by atoms with Crippen molar-refractivity contribution in [2.24, 2.45) is 34.5 Å². The van der Waals surface area contributed by atoms with Crippen LogP contribution in [0.1, 0.15) is 71.6 Å². The molecule has 0 bridgehead atoms. The zero-order valence-electron chi connectivity index (χ0n) is 16.3. The first-order valence-electron chi connectivity index (χ1n) is 10.4. The Bertz CT molecular complexity index is 695. The largest absolute Gasteiger partial charge is 0.417 e. The first-order valence-corrected chi connectivity index (χ1v) is 10.4. The monoisotopic (exact) mass is 381 g/mol. The molecule has 0 radical (unpaired) electrons. The lowest BCUT2D eigenvalue weighted by molar-refractivity contribution is -0.289. The van der Waals surface area contributed by atoms with Gasteiger partial charge in [0, 0.05) is 6.08 Å². The summed E-state index contributed by atoms with van der Waals surface area (Å²) >= 11 is 0. The number of allylic oxidation sites excluding steroid dienone is 2. The first-order chi connectivity index (χ1) is 12.6. The van der Waals surface area contributed by atoms with E-state index in [1.165, 1.54) is 5.57 Å². The number of hydrogen-bond donors (Lipinski definition) is 1. The Morgan fingerprint density at radius 3 is 2.48 bits per heavy atom. The average Bonchev–Trinajstić information content (AvgIpc) is 2.92. The van der Waals surface area contributed by atoms with Gasteiger partial charge in [0.1, 0.15) is 0 Å². The van der Waals surface area contributed by atoms with E-state index in [2.05, 4.69) is 19.9 Å². The van der Waals surface area contributed by atoms with E-state index in [0.29, 0.717) is 24.2 Å². The molecule has 0 aromatic rings. The third kappa shape index (κ3) is 2.62. The molecule has 5 heteroatoms. The summed E-state index contributed by atoms with van der Waals surface area (Å²) in [6.07, 6.45) is 3.35. The van der Waals surface area contributed by atoms with E-state index in [1.54, 1.807) is 6.08 Å². The lowest BCUT2D eigenvalue weighted by Crippen LogP contribution is -2.58. The van der Waals surface area contributed by atoms with E-state index in [9.17, 15) is 18.3 Å². The minimum Gasteiger partial charge on any atom is -0.380 e. The van der Waals surface area contributed by atoms with E-state index in [4.69, 9.17) is 5.26 Å². The van der Waals surface area contributed by atoms with Gasteiger partial charge in [-0.05, 0) is 92.3 Å². The van der Waals surface area contributed by atoms with Crippen LogP contribution in [0.2, 0.25) is 0 Å². The molecule has 1 N–H and O–H groups in total. The quantitative estimate of drug-likeness (QED) is 0.541. The van der Waals surface area contributed by atoms with Crippen LogP contribution in [-0.4, -0.2) is 16.9 Å². The molecule has 0 aromatic heterocycles. The van der Waals surface area contributed by atoms with Gasteiger partial charge in [0.2, 0.25) is 0 Å². The predicted octanol–water partition coefficient (Wildman–Crippen LogP) is 5.77. The average molecular weight is 381 g/mol. The lowest BCUT2D eigenvalue weighted by atomic mass is 9.44. The Morgan fingerprint density at radius 2 is 1.81 bits per heavy atom. The van der Waals surface area contributed by atoms with Gasteiger partial charge in [0.25, 0.3) is 0 Å². The second-order valence-electron chi connectivity index (χ2n) is 10.2. The zero-order valence-corrected chi connectivity index (χ0v) is 16.3.